The van der Waals surface area contributed by atoms with Crippen LogP contribution in [0.4, 0.5) is 10.5 Å². The SMILES string of the molecule is C=Nc1cc(Cl)ccc1C(=C)N(CCCCN(CC)CC)C(=O)OCCCCCCCC(=O)CC(P(=O)(O)O)P(=O)(O)O. The summed E-state index contributed by atoms with van der Waals surface area (Å²) < 4.78 is 28.2. The van der Waals surface area contributed by atoms with Gasteiger partial charge in [0.25, 0.3) is 0 Å². The summed E-state index contributed by atoms with van der Waals surface area (Å²) in [5, 5.41) is -1.82. The van der Waals surface area contributed by atoms with Gasteiger partial charge in [0.2, 0.25) is 0 Å². The van der Waals surface area contributed by atoms with Crippen molar-refractivity contribution in [1.29, 1.82) is 0 Å². The molecule has 0 saturated heterocycles. The number of carbonyl (C=O) groups is 2. The largest absolute Gasteiger partial charge is 0.449 e. The van der Waals surface area contributed by atoms with Crippen molar-refractivity contribution >= 4 is 56.8 Å². The zero-order valence-corrected chi connectivity index (χ0v) is 27.6. The van der Waals surface area contributed by atoms with Gasteiger partial charge in [0.1, 0.15) is 5.78 Å². The number of aliphatic imine (C=N–C) groups is 1. The zero-order chi connectivity index (χ0) is 32.6. The fourth-order valence-corrected chi connectivity index (χ4v) is 7.05. The molecule has 0 aliphatic heterocycles. The number of hydrogen-bond donors (Lipinski definition) is 4. The number of ether oxygens (including phenoxy) is 1. The third-order valence-corrected chi connectivity index (χ3v) is 11.0. The third-order valence-electron chi connectivity index (χ3n) is 7.00. The van der Waals surface area contributed by atoms with Crippen LogP contribution >= 0.6 is 26.8 Å². The predicted molar refractivity (Wildman–Crippen MR) is 170 cm³/mol. The van der Waals surface area contributed by atoms with E-state index in [0.29, 0.717) is 60.6 Å². The Kier molecular flexibility index (Phi) is 17.7. The predicted octanol–water partition coefficient (Wildman–Crippen LogP) is 6.18. The zero-order valence-electron chi connectivity index (χ0n) is 25.1. The molecular formula is C28H46ClN3O9P2. The number of benzene rings is 1. The van der Waals surface area contributed by atoms with Crippen LogP contribution in [0.15, 0.2) is 29.8 Å². The molecule has 0 saturated carbocycles. The molecule has 4 N–H and O–H groups in total. The van der Waals surface area contributed by atoms with Gasteiger partial charge in [-0.25, -0.2) is 4.79 Å². The van der Waals surface area contributed by atoms with E-state index in [0.717, 1.165) is 32.5 Å². The molecule has 1 rings (SSSR count). The fraction of sp³-hybridized carbons (Fsp3) is 0.607. The maximum atomic E-state index is 13.1. The third kappa shape index (κ3) is 14.6. The first-order chi connectivity index (χ1) is 20.1. The van der Waals surface area contributed by atoms with Crippen LogP contribution in [0.2, 0.25) is 5.02 Å². The number of halogens is 1. The Morgan fingerprint density at radius 3 is 2.12 bits per heavy atom. The number of ketones is 1. The highest BCUT2D eigenvalue weighted by atomic mass is 35.5. The van der Waals surface area contributed by atoms with Crippen LogP contribution in [-0.2, 0) is 18.7 Å². The first kappa shape index (κ1) is 39.1. The second-order valence-corrected chi connectivity index (χ2v) is 14.6. The molecule has 1 aromatic carbocycles. The van der Waals surface area contributed by atoms with Gasteiger partial charge in [0, 0.05) is 35.7 Å². The summed E-state index contributed by atoms with van der Waals surface area (Å²) in [4.78, 5) is 69.6. The summed E-state index contributed by atoms with van der Waals surface area (Å²) in [6.45, 7) is 15.4. The average Bonchev–Trinajstić information content (AvgIpc) is 2.93. The minimum absolute atomic E-state index is 0.0386. The number of amides is 1. The lowest BCUT2D eigenvalue weighted by Gasteiger charge is -2.26. The smallest absolute Gasteiger partial charge is 0.414 e. The highest BCUT2D eigenvalue weighted by Gasteiger charge is 2.44. The summed E-state index contributed by atoms with van der Waals surface area (Å²) in [6.07, 6.45) is 3.26. The minimum atomic E-state index is -5.12. The first-order valence-corrected chi connectivity index (χ1v) is 18.1. The molecule has 1 amide bonds. The molecule has 15 heteroatoms. The highest BCUT2D eigenvalue weighted by Crippen LogP contribution is 2.61. The van der Waals surface area contributed by atoms with Crippen molar-refractivity contribution in [2.24, 2.45) is 4.99 Å². The first-order valence-electron chi connectivity index (χ1n) is 14.4. The van der Waals surface area contributed by atoms with Crippen LogP contribution in [0.25, 0.3) is 5.70 Å². The lowest BCUT2D eigenvalue weighted by atomic mass is 10.1. The van der Waals surface area contributed by atoms with Crippen LogP contribution < -0.4 is 0 Å². The minimum Gasteiger partial charge on any atom is -0.449 e. The Hall–Kier alpha value is -1.88. The molecule has 12 nitrogen and oxygen atoms in total. The van der Waals surface area contributed by atoms with Crippen LogP contribution in [0.5, 0.6) is 0 Å². The topological polar surface area (TPSA) is 177 Å². The molecule has 0 radical (unpaired) electrons. The van der Waals surface area contributed by atoms with Gasteiger partial charge in [-0.05, 0) is 70.2 Å². The van der Waals surface area contributed by atoms with E-state index in [4.69, 9.17) is 35.9 Å². The van der Waals surface area contributed by atoms with Gasteiger partial charge < -0.3 is 29.2 Å². The average molecular weight is 666 g/mol. The van der Waals surface area contributed by atoms with Crippen molar-refractivity contribution in [3.8, 4) is 0 Å². The van der Waals surface area contributed by atoms with Gasteiger partial charge in [0.15, 0.2) is 5.40 Å². The number of nitrogens with zero attached hydrogens (tertiary/aromatic N) is 3. The van der Waals surface area contributed by atoms with Crippen LogP contribution in [0, 0.1) is 0 Å². The number of Topliss-reactive ketones (excluding diaryl/α,β-unsaturated/α-hetero) is 1. The normalized spacial score (nSPS) is 12.0. The lowest BCUT2D eigenvalue weighted by Crippen LogP contribution is -2.32. The molecule has 43 heavy (non-hydrogen) atoms. The second kappa shape index (κ2) is 19.5. The van der Waals surface area contributed by atoms with Crippen molar-refractivity contribution in [1.82, 2.24) is 9.80 Å². The summed E-state index contributed by atoms with van der Waals surface area (Å²) in [7, 11) is -10.2. The van der Waals surface area contributed by atoms with E-state index < -0.39 is 38.9 Å². The highest BCUT2D eigenvalue weighted by molar-refractivity contribution is 7.70. The van der Waals surface area contributed by atoms with E-state index in [1.807, 2.05) is 0 Å². The van der Waals surface area contributed by atoms with Crippen molar-refractivity contribution < 1.29 is 43.0 Å². The van der Waals surface area contributed by atoms with Crippen LogP contribution in [0.1, 0.15) is 77.2 Å². The molecule has 0 heterocycles. The molecule has 0 spiro atoms. The van der Waals surface area contributed by atoms with Crippen molar-refractivity contribution in [3.63, 3.8) is 0 Å². The summed E-state index contributed by atoms with van der Waals surface area (Å²) >= 11 is 6.10. The van der Waals surface area contributed by atoms with Crippen LogP contribution in [0.3, 0.4) is 0 Å². The lowest BCUT2D eigenvalue weighted by molar-refractivity contribution is -0.119. The van der Waals surface area contributed by atoms with E-state index in [1.54, 1.807) is 18.2 Å². The number of rotatable bonds is 22. The standard InChI is InChI=1S/C28H46ClN3O9P2/c1-5-31(6-2)17-11-12-18-32(22(3)25-16-15-23(29)20-26(25)30-4)28(34)41-19-13-9-7-8-10-14-24(33)21-27(42(35,36)37)43(38,39)40/h15-16,20,27H,3-14,17-19,21H2,1-2H3,(H2,35,36,37)(H2,38,39,40). The molecule has 0 fully saturated rings. The molecular weight excluding hydrogens is 620 g/mol. The molecule has 0 unspecified atom stereocenters. The Morgan fingerprint density at radius 2 is 1.53 bits per heavy atom. The monoisotopic (exact) mass is 665 g/mol. The second-order valence-electron chi connectivity index (χ2n) is 10.2. The molecule has 0 aliphatic rings. The van der Waals surface area contributed by atoms with Gasteiger partial charge in [-0.15, -0.1) is 0 Å². The summed E-state index contributed by atoms with van der Waals surface area (Å²) in [5.41, 5.74) is 1.58. The molecule has 0 bridgehead atoms. The van der Waals surface area contributed by atoms with Crippen molar-refractivity contribution in [2.75, 3.05) is 32.8 Å². The van der Waals surface area contributed by atoms with Crippen LogP contribution in [-0.4, -0.2) is 86.2 Å². The van der Waals surface area contributed by atoms with Gasteiger partial charge in [-0.1, -0.05) is 51.3 Å². The van der Waals surface area contributed by atoms with E-state index in [2.05, 4.69) is 37.0 Å². The van der Waals surface area contributed by atoms with Gasteiger partial charge in [-0.3, -0.25) is 23.8 Å². The van der Waals surface area contributed by atoms with E-state index in [-0.39, 0.29) is 13.0 Å². The Morgan fingerprint density at radius 1 is 0.953 bits per heavy atom. The summed E-state index contributed by atoms with van der Waals surface area (Å²) in [6, 6.07) is 5.09. The number of carbonyl (C=O) groups excluding carboxylic acids is 2. The van der Waals surface area contributed by atoms with Crippen molar-refractivity contribution in [3.05, 3.63) is 35.4 Å². The number of hydrogen-bond acceptors (Lipinski definition) is 7. The molecule has 0 atom stereocenters. The van der Waals surface area contributed by atoms with Gasteiger partial charge in [0.05, 0.1) is 12.3 Å². The van der Waals surface area contributed by atoms with E-state index >= 15 is 0 Å². The number of unbranched alkanes of at least 4 members (excludes halogenated alkanes) is 5. The van der Waals surface area contributed by atoms with Crippen molar-refractivity contribution in [2.45, 2.75) is 77.0 Å². The van der Waals surface area contributed by atoms with E-state index in [9.17, 15) is 18.7 Å². The summed E-state index contributed by atoms with van der Waals surface area (Å²) in [5.74, 6) is -0.613. The fourth-order valence-electron chi connectivity index (χ4n) is 4.44. The Labute approximate surface area is 259 Å². The molecule has 244 valence electrons. The maximum absolute atomic E-state index is 13.1. The van der Waals surface area contributed by atoms with E-state index in [1.165, 1.54) is 4.90 Å². The van der Waals surface area contributed by atoms with Gasteiger partial charge >= 0.3 is 21.3 Å². The Bertz CT molecular complexity index is 1150. The maximum Gasteiger partial charge on any atom is 0.414 e. The Balaban J connectivity index is 2.58. The molecule has 0 aromatic heterocycles. The quantitative estimate of drug-likeness (QED) is 0.0635. The molecule has 1 aromatic rings. The van der Waals surface area contributed by atoms with Gasteiger partial charge in [-0.2, -0.15) is 0 Å². The molecule has 0 aliphatic carbocycles.